The van der Waals surface area contributed by atoms with Gasteiger partial charge in [0.1, 0.15) is 5.82 Å². The number of benzene rings is 1. The van der Waals surface area contributed by atoms with Gasteiger partial charge in [-0.1, -0.05) is 38.3 Å². The molecule has 1 saturated carbocycles. The minimum atomic E-state index is -0.117. The summed E-state index contributed by atoms with van der Waals surface area (Å²) in [6.07, 6.45) is 7.69. The van der Waals surface area contributed by atoms with Crippen LogP contribution in [0.2, 0.25) is 0 Å². The van der Waals surface area contributed by atoms with Crippen LogP contribution in [0.5, 0.6) is 0 Å². The summed E-state index contributed by atoms with van der Waals surface area (Å²) >= 11 is 0. The lowest BCUT2D eigenvalue weighted by Crippen LogP contribution is -2.63. The van der Waals surface area contributed by atoms with Crippen molar-refractivity contribution < 1.29 is 4.39 Å². The van der Waals surface area contributed by atoms with Gasteiger partial charge in [0.2, 0.25) is 0 Å². The standard InChI is InChI=1S/C18H27FN2/c1-2-6-17-13-21(12-15-7-5-8-16(19)11-15)18(14-20-17)9-3-4-10-18/h5,7-8,11,17,20H,2-4,6,9-10,12-14H2,1H3. The van der Waals surface area contributed by atoms with Crippen molar-refractivity contribution in [1.82, 2.24) is 10.2 Å². The number of halogens is 1. The Bertz CT molecular complexity index is 468. The maximum atomic E-state index is 13.5. The quantitative estimate of drug-likeness (QED) is 0.909. The fourth-order valence-electron chi connectivity index (χ4n) is 4.13. The van der Waals surface area contributed by atoms with Crippen molar-refractivity contribution in [3.8, 4) is 0 Å². The van der Waals surface area contributed by atoms with Crippen LogP contribution in [-0.2, 0) is 6.54 Å². The van der Waals surface area contributed by atoms with Crippen LogP contribution in [-0.4, -0.2) is 29.6 Å². The van der Waals surface area contributed by atoms with E-state index in [0.29, 0.717) is 11.6 Å². The first-order chi connectivity index (χ1) is 10.2. The molecule has 1 aromatic carbocycles. The zero-order valence-corrected chi connectivity index (χ0v) is 13.1. The molecule has 2 nitrogen and oxygen atoms in total. The molecule has 21 heavy (non-hydrogen) atoms. The Hall–Kier alpha value is -0.930. The van der Waals surface area contributed by atoms with Gasteiger partial charge in [0.15, 0.2) is 0 Å². The Balaban J connectivity index is 1.76. The molecule has 1 spiro atoms. The third kappa shape index (κ3) is 3.29. The predicted molar refractivity (Wildman–Crippen MR) is 84.7 cm³/mol. The Labute approximate surface area is 127 Å². The van der Waals surface area contributed by atoms with E-state index in [-0.39, 0.29) is 5.82 Å². The number of nitrogens with one attached hydrogen (secondary N) is 1. The number of rotatable bonds is 4. The molecule has 0 amide bonds. The lowest BCUT2D eigenvalue weighted by atomic mass is 9.89. The van der Waals surface area contributed by atoms with Crippen LogP contribution in [0.4, 0.5) is 4.39 Å². The number of hydrogen-bond donors (Lipinski definition) is 1. The molecule has 0 bridgehead atoms. The van der Waals surface area contributed by atoms with Gasteiger partial charge >= 0.3 is 0 Å². The molecule has 116 valence electrons. The summed E-state index contributed by atoms with van der Waals surface area (Å²) < 4.78 is 13.5. The third-order valence-corrected chi connectivity index (χ3v) is 5.27. The zero-order valence-electron chi connectivity index (χ0n) is 13.1. The summed E-state index contributed by atoms with van der Waals surface area (Å²) in [6.45, 7) is 5.34. The molecule has 1 saturated heterocycles. The predicted octanol–water partition coefficient (Wildman–Crippen LogP) is 3.71. The van der Waals surface area contributed by atoms with Crippen molar-refractivity contribution in [2.75, 3.05) is 13.1 Å². The minimum Gasteiger partial charge on any atom is -0.311 e. The number of piperazine rings is 1. The van der Waals surface area contributed by atoms with E-state index >= 15 is 0 Å². The second kappa shape index (κ2) is 6.45. The smallest absolute Gasteiger partial charge is 0.123 e. The normalized spacial score (nSPS) is 25.5. The summed E-state index contributed by atoms with van der Waals surface area (Å²) in [7, 11) is 0. The molecule has 1 unspecified atom stereocenters. The van der Waals surface area contributed by atoms with Gasteiger partial charge in [0, 0.05) is 31.2 Å². The molecule has 1 aliphatic carbocycles. The van der Waals surface area contributed by atoms with Gasteiger partial charge in [-0.05, 0) is 37.0 Å². The van der Waals surface area contributed by atoms with Crippen LogP contribution in [0.15, 0.2) is 24.3 Å². The third-order valence-electron chi connectivity index (χ3n) is 5.27. The SMILES string of the molecule is CCCC1CN(Cc2cccc(F)c2)C2(CCCC2)CN1. The molecule has 2 aliphatic rings. The first kappa shape index (κ1) is 15.0. The molecule has 1 aliphatic heterocycles. The Kier molecular flexibility index (Phi) is 4.60. The summed E-state index contributed by atoms with van der Waals surface area (Å²) in [5.41, 5.74) is 1.43. The van der Waals surface area contributed by atoms with E-state index in [2.05, 4.69) is 23.2 Å². The Morgan fingerprint density at radius 1 is 1.33 bits per heavy atom. The summed E-state index contributed by atoms with van der Waals surface area (Å²) in [5.74, 6) is -0.117. The first-order valence-corrected chi connectivity index (χ1v) is 8.45. The highest BCUT2D eigenvalue weighted by molar-refractivity contribution is 5.17. The summed E-state index contributed by atoms with van der Waals surface area (Å²) in [5, 5.41) is 3.76. The topological polar surface area (TPSA) is 15.3 Å². The molecule has 2 fully saturated rings. The van der Waals surface area contributed by atoms with Crippen molar-refractivity contribution in [3.05, 3.63) is 35.6 Å². The van der Waals surface area contributed by atoms with Crippen molar-refractivity contribution >= 4 is 0 Å². The lowest BCUT2D eigenvalue weighted by Gasteiger charge is -2.48. The van der Waals surface area contributed by atoms with Crippen LogP contribution < -0.4 is 5.32 Å². The molecule has 1 heterocycles. The van der Waals surface area contributed by atoms with E-state index in [9.17, 15) is 4.39 Å². The highest BCUT2D eigenvalue weighted by atomic mass is 19.1. The fourth-order valence-corrected chi connectivity index (χ4v) is 4.13. The number of hydrogen-bond acceptors (Lipinski definition) is 2. The molecule has 1 atom stereocenters. The maximum Gasteiger partial charge on any atom is 0.123 e. The van der Waals surface area contributed by atoms with Gasteiger partial charge < -0.3 is 5.32 Å². The monoisotopic (exact) mass is 290 g/mol. The second-order valence-corrected chi connectivity index (χ2v) is 6.81. The molecule has 1 N–H and O–H groups in total. The average molecular weight is 290 g/mol. The minimum absolute atomic E-state index is 0.117. The molecular weight excluding hydrogens is 263 g/mol. The first-order valence-electron chi connectivity index (χ1n) is 8.45. The van der Waals surface area contributed by atoms with Gasteiger partial charge in [0.05, 0.1) is 0 Å². The van der Waals surface area contributed by atoms with E-state index in [0.717, 1.165) is 25.2 Å². The van der Waals surface area contributed by atoms with Gasteiger partial charge in [-0.2, -0.15) is 0 Å². The van der Waals surface area contributed by atoms with E-state index in [4.69, 9.17) is 0 Å². The highest BCUT2D eigenvalue weighted by Crippen LogP contribution is 2.38. The van der Waals surface area contributed by atoms with Crippen molar-refractivity contribution in [2.45, 2.75) is 63.6 Å². The molecule has 0 radical (unpaired) electrons. The molecule has 3 rings (SSSR count). The largest absolute Gasteiger partial charge is 0.311 e. The van der Waals surface area contributed by atoms with E-state index in [1.54, 1.807) is 6.07 Å². The van der Waals surface area contributed by atoms with Gasteiger partial charge in [-0.25, -0.2) is 4.39 Å². The molecule has 1 aromatic rings. The van der Waals surface area contributed by atoms with Crippen LogP contribution in [0.3, 0.4) is 0 Å². The summed E-state index contributed by atoms with van der Waals surface area (Å²) in [6, 6.07) is 7.71. The van der Waals surface area contributed by atoms with Crippen molar-refractivity contribution in [1.29, 1.82) is 0 Å². The van der Waals surface area contributed by atoms with Gasteiger partial charge in [-0.3, -0.25) is 4.90 Å². The summed E-state index contributed by atoms with van der Waals surface area (Å²) in [4.78, 5) is 2.64. The fraction of sp³-hybridized carbons (Fsp3) is 0.667. The van der Waals surface area contributed by atoms with E-state index < -0.39 is 0 Å². The number of nitrogens with zero attached hydrogens (tertiary/aromatic N) is 1. The maximum absolute atomic E-state index is 13.5. The van der Waals surface area contributed by atoms with Crippen LogP contribution in [0.25, 0.3) is 0 Å². The Morgan fingerprint density at radius 3 is 2.86 bits per heavy atom. The molecular formula is C18H27FN2. The van der Waals surface area contributed by atoms with Crippen LogP contribution in [0, 0.1) is 5.82 Å². The van der Waals surface area contributed by atoms with Gasteiger partial charge in [-0.15, -0.1) is 0 Å². The Morgan fingerprint density at radius 2 is 2.14 bits per heavy atom. The zero-order chi connectivity index (χ0) is 14.7. The van der Waals surface area contributed by atoms with Gasteiger partial charge in [0.25, 0.3) is 0 Å². The highest BCUT2D eigenvalue weighted by Gasteiger charge is 2.43. The van der Waals surface area contributed by atoms with Crippen molar-refractivity contribution in [3.63, 3.8) is 0 Å². The average Bonchev–Trinajstić information content (AvgIpc) is 2.93. The lowest BCUT2D eigenvalue weighted by molar-refractivity contribution is 0.0337. The van der Waals surface area contributed by atoms with Crippen LogP contribution in [0.1, 0.15) is 51.0 Å². The van der Waals surface area contributed by atoms with E-state index in [1.165, 1.54) is 44.6 Å². The molecule has 3 heteroatoms. The van der Waals surface area contributed by atoms with Crippen molar-refractivity contribution in [2.24, 2.45) is 0 Å². The van der Waals surface area contributed by atoms with Crippen LogP contribution >= 0.6 is 0 Å². The second-order valence-electron chi connectivity index (χ2n) is 6.81. The molecule has 0 aromatic heterocycles. The van der Waals surface area contributed by atoms with E-state index in [1.807, 2.05) is 6.07 Å².